The van der Waals surface area contributed by atoms with Gasteiger partial charge < -0.3 is 11.1 Å². The Bertz CT molecular complexity index is 114. The summed E-state index contributed by atoms with van der Waals surface area (Å²) in [5.74, 6) is -0.162. The van der Waals surface area contributed by atoms with Crippen molar-refractivity contribution in [2.45, 2.75) is 6.92 Å². The van der Waals surface area contributed by atoms with Crippen molar-refractivity contribution in [3.8, 4) is 0 Å². The van der Waals surface area contributed by atoms with Crippen molar-refractivity contribution in [2.24, 2.45) is 5.73 Å². The molecule has 0 aromatic carbocycles. The number of hydrogen-bond donors (Lipinski definition) is 2. The van der Waals surface area contributed by atoms with Crippen molar-refractivity contribution in [1.29, 1.82) is 0 Å². The van der Waals surface area contributed by atoms with E-state index in [1.54, 1.807) is 14.0 Å². The first-order valence-electron chi connectivity index (χ1n) is 2.32. The van der Waals surface area contributed by atoms with Crippen LogP contribution in [0.15, 0.2) is 11.8 Å². The van der Waals surface area contributed by atoms with E-state index < -0.39 is 0 Å². The monoisotopic (exact) mass is 114 g/mol. The van der Waals surface area contributed by atoms with Gasteiger partial charge in [0.15, 0.2) is 0 Å². The number of carbonyl (C=O) groups excluding carboxylic acids is 1. The van der Waals surface area contributed by atoms with Crippen LogP contribution in [0.4, 0.5) is 0 Å². The fourth-order valence-electron chi connectivity index (χ4n) is 0.279. The Kier molecular flexibility index (Phi) is 2.69. The number of amides is 1. The zero-order valence-electron chi connectivity index (χ0n) is 5.06. The third kappa shape index (κ3) is 3.21. The molecule has 0 aliphatic heterocycles. The maximum absolute atomic E-state index is 10.4. The fourth-order valence-corrected chi connectivity index (χ4v) is 0.279. The number of nitrogens with two attached hydrogens (primary N) is 1. The molecule has 0 unspecified atom stereocenters. The van der Waals surface area contributed by atoms with Gasteiger partial charge >= 0.3 is 0 Å². The molecule has 1 amide bonds. The van der Waals surface area contributed by atoms with Crippen molar-refractivity contribution < 1.29 is 4.79 Å². The zero-order chi connectivity index (χ0) is 6.57. The van der Waals surface area contributed by atoms with Gasteiger partial charge in [-0.2, -0.15) is 0 Å². The Morgan fingerprint density at radius 1 is 1.75 bits per heavy atom. The second-order valence-electron chi connectivity index (χ2n) is 1.50. The molecule has 0 aliphatic rings. The lowest BCUT2D eigenvalue weighted by Gasteiger charge is -1.89. The van der Waals surface area contributed by atoms with E-state index in [0.29, 0.717) is 5.70 Å². The van der Waals surface area contributed by atoms with Crippen molar-refractivity contribution in [3.63, 3.8) is 0 Å². The highest BCUT2D eigenvalue weighted by molar-refractivity contribution is 5.87. The van der Waals surface area contributed by atoms with Crippen LogP contribution >= 0.6 is 0 Å². The molecule has 0 saturated carbocycles. The molecule has 46 valence electrons. The summed E-state index contributed by atoms with van der Waals surface area (Å²) in [5, 5.41) is 2.40. The topological polar surface area (TPSA) is 55.1 Å². The SMILES string of the molecule is CNC(=O)/C=C(\C)N. The number of nitrogens with one attached hydrogen (secondary N) is 1. The summed E-state index contributed by atoms with van der Waals surface area (Å²) in [6.07, 6.45) is 1.33. The third-order valence-corrected chi connectivity index (χ3v) is 0.605. The molecule has 8 heavy (non-hydrogen) atoms. The maximum Gasteiger partial charge on any atom is 0.245 e. The van der Waals surface area contributed by atoms with Gasteiger partial charge in [-0.3, -0.25) is 4.79 Å². The van der Waals surface area contributed by atoms with Gasteiger partial charge in [0.25, 0.3) is 0 Å². The van der Waals surface area contributed by atoms with Crippen LogP contribution in [0, 0.1) is 0 Å². The Hall–Kier alpha value is -0.990. The van der Waals surface area contributed by atoms with Gasteiger partial charge in [-0.25, -0.2) is 0 Å². The highest BCUT2D eigenvalue weighted by Crippen LogP contribution is 1.76. The van der Waals surface area contributed by atoms with Gasteiger partial charge in [-0.1, -0.05) is 0 Å². The standard InChI is InChI=1S/C5H10N2O/c1-4(6)3-5(8)7-2/h3H,6H2,1-2H3,(H,7,8)/b4-3+. The summed E-state index contributed by atoms with van der Waals surface area (Å²) < 4.78 is 0. The van der Waals surface area contributed by atoms with E-state index in [1.807, 2.05) is 0 Å². The summed E-state index contributed by atoms with van der Waals surface area (Å²) in [6, 6.07) is 0. The van der Waals surface area contributed by atoms with Crippen LogP contribution in [0.1, 0.15) is 6.92 Å². The summed E-state index contributed by atoms with van der Waals surface area (Å²) in [7, 11) is 1.56. The zero-order valence-corrected chi connectivity index (χ0v) is 5.06. The third-order valence-electron chi connectivity index (χ3n) is 0.605. The smallest absolute Gasteiger partial charge is 0.245 e. The molecule has 0 radical (unpaired) electrons. The molecule has 0 atom stereocenters. The van der Waals surface area contributed by atoms with Gasteiger partial charge in [0.05, 0.1) is 0 Å². The molecule has 0 aromatic rings. The van der Waals surface area contributed by atoms with E-state index in [1.165, 1.54) is 6.08 Å². The molecule has 3 heteroatoms. The highest BCUT2D eigenvalue weighted by Gasteiger charge is 1.87. The van der Waals surface area contributed by atoms with E-state index in [9.17, 15) is 4.79 Å². The Morgan fingerprint density at radius 2 is 2.25 bits per heavy atom. The lowest BCUT2D eigenvalue weighted by atomic mass is 10.4. The first-order valence-corrected chi connectivity index (χ1v) is 2.32. The van der Waals surface area contributed by atoms with Crippen LogP contribution in [0.2, 0.25) is 0 Å². The van der Waals surface area contributed by atoms with Gasteiger partial charge in [-0.05, 0) is 6.92 Å². The van der Waals surface area contributed by atoms with Gasteiger partial charge in [0, 0.05) is 18.8 Å². The predicted molar refractivity (Wildman–Crippen MR) is 32.0 cm³/mol. The summed E-state index contributed by atoms with van der Waals surface area (Å²) in [4.78, 5) is 10.4. The molecule has 3 N–H and O–H groups in total. The summed E-state index contributed by atoms with van der Waals surface area (Å²) >= 11 is 0. The normalized spacial score (nSPS) is 11.0. The maximum atomic E-state index is 10.4. The first kappa shape index (κ1) is 7.01. The molecule has 0 fully saturated rings. The highest BCUT2D eigenvalue weighted by atomic mass is 16.1. The van der Waals surface area contributed by atoms with E-state index in [4.69, 9.17) is 5.73 Å². The van der Waals surface area contributed by atoms with Crippen LogP contribution < -0.4 is 11.1 Å². The van der Waals surface area contributed by atoms with Crippen LogP contribution in [0.3, 0.4) is 0 Å². The van der Waals surface area contributed by atoms with Gasteiger partial charge in [0.1, 0.15) is 0 Å². The number of likely N-dealkylation sites (N-methyl/N-ethyl adjacent to an activating group) is 1. The molecular weight excluding hydrogens is 104 g/mol. The quantitative estimate of drug-likeness (QED) is 0.455. The molecule has 0 spiro atoms. The number of allylic oxidation sites excluding steroid dienone is 1. The largest absolute Gasteiger partial charge is 0.402 e. The summed E-state index contributed by atoms with van der Waals surface area (Å²) in [6.45, 7) is 1.66. The van der Waals surface area contributed by atoms with Crippen molar-refractivity contribution >= 4 is 5.91 Å². The molecule has 0 heterocycles. The molecule has 0 aliphatic carbocycles. The second-order valence-corrected chi connectivity index (χ2v) is 1.50. The average Bonchev–Trinajstić information content (AvgIpc) is 1.65. The Labute approximate surface area is 48.6 Å². The number of carbonyl (C=O) groups is 1. The van der Waals surface area contributed by atoms with Crippen LogP contribution in [0.25, 0.3) is 0 Å². The molecule has 0 bridgehead atoms. The fraction of sp³-hybridized carbons (Fsp3) is 0.400. The van der Waals surface area contributed by atoms with Crippen LogP contribution in [-0.4, -0.2) is 13.0 Å². The Balaban J connectivity index is 3.70. The van der Waals surface area contributed by atoms with E-state index in [-0.39, 0.29) is 5.91 Å². The van der Waals surface area contributed by atoms with Gasteiger partial charge in [0.2, 0.25) is 5.91 Å². The molecule has 0 saturated heterocycles. The minimum atomic E-state index is -0.162. The van der Waals surface area contributed by atoms with Crippen molar-refractivity contribution in [1.82, 2.24) is 5.32 Å². The number of rotatable bonds is 1. The Morgan fingerprint density at radius 3 is 2.38 bits per heavy atom. The summed E-state index contributed by atoms with van der Waals surface area (Å²) in [5.41, 5.74) is 5.69. The van der Waals surface area contributed by atoms with Crippen molar-refractivity contribution in [3.05, 3.63) is 11.8 Å². The van der Waals surface area contributed by atoms with E-state index in [2.05, 4.69) is 5.32 Å². The van der Waals surface area contributed by atoms with E-state index in [0.717, 1.165) is 0 Å². The molecule has 3 nitrogen and oxygen atoms in total. The van der Waals surface area contributed by atoms with Crippen LogP contribution in [-0.2, 0) is 4.79 Å². The average molecular weight is 114 g/mol. The van der Waals surface area contributed by atoms with Gasteiger partial charge in [-0.15, -0.1) is 0 Å². The second kappa shape index (κ2) is 3.07. The van der Waals surface area contributed by atoms with Crippen LogP contribution in [0.5, 0.6) is 0 Å². The lowest BCUT2D eigenvalue weighted by molar-refractivity contribution is -0.116. The first-order chi connectivity index (χ1) is 3.66. The minimum Gasteiger partial charge on any atom is -0.402 e. The lowest BCUT2D eigenvalue weighted by Crippen LogP contribution is -2.15. The predicted octanol–water partition coefficient (Wildman–Crippen LogP) is -0.405. The van der Waals surface area contributed by atoms with Crippen molar-refractivity contribution in [2.75, 3.05) is 7.05 Å². The number of hydrogen-bond acceptors (Lipinski definition) is 2. The molecule has 0 aromatic heterocycles. The molecular formula is C5H10N2O. The molecule has 0 rings (SSSR count). The minimum absolute atomic E-state index is 0.162. The van der Waals surface area contributed by atoms with E-state index >= 15 is 0 Å².